The largest absolute Gasteiger partial charge is 0.388 e. The summed E-state index contributed by atoms with van der Waals surface area (Å²) in [6.45, 7) is 2.17. The molecular formula is C15H21NO2. The molecule has 1 aliphatic rings. The number of hydrogen-bond donors (Lipinski definition) is 2. The minimum Gasteiger partial charge on any atom is -0.388 e. The van der Waals surface area contributed by atoms with Gasteiger partial charge < -0.3 is 10.4 Å². The lowest BCUT2D eigenvalue weighted by Gasteiger charge is -2.18. The van der Waals surface area contributed by atoms with Crippen molar-refractivity contribution >= 4 is 5.91 Å². The van der Waals surface area contributed by atoms with Crippen molar-refractivity contribution in [1.29, 1.82) is 0 Å². The average Bonchev–Trinajstić information content (AvgIpc) is 2.76. The van der Waals surface area contributed by atoms with E-state index in [9.17, 15) is 9.90 Å². The van der Waals surface area contributed by atoms with Gasteiger partial charge in [0.1, 0.15) is 0 Å². The van der Waals surface area contributed by atoms with Gasteiger partial charge in [0.25, 0.3) is 0 Å². The van der Waals surface area contributed by atoms with E-state index in [4.69, 9.17) is 0 Å². The van der Waals surface area contributed by atoms with Gasteiger partial charge >= 0.3 is 0 Å². The van der Waals surface area contributed by atoms with Crippen molar-refractivity contribution < 1.29 is 9.90 Å². The second-order valence-electron chi connectivity index (χ2n) is 5.21. The molecule has 0 heterocycles. The molecule has 1 fully saturated rings. The predicted molar refractivity (Wildman–Crippen MR) is 71.0 cm³/mol. The molecule has 1 saturated carbocycles. The fraction of sp³-hybridized carbons (Fsp3) is 0.533. The number of hydrogen-bond acceptors (Lipinski definition) is 2. The van der Waals surface area contributed by atoms with Crippen LogP contribution in [0.25, 0.3) is 0 Å². The molecular weight excluding hydrogens is 226 g/mol. The number of carbonyl (C=O) groups excluding carboxylic acids is 1. The average molecular weight is 247 g/mol. The molecule has 0 bridgehead atoms. The second-order valence-corrected chi connectivity index (χ2v) is 5.21. The van der Waals surface area contributed by atoms with Gasteiger partial charge in [-0.3, -0.25) is 4.79 Å². The lowest BCUT2D eigenvalue weighted by atomic mass is 10.0. The first-order valence-corrected chi connectivity index (χ1v) is 6.69. The molecule has 1 aliphatic carbocycles. The van der Waals surface area contributed by atoms with Crippen molar-refractivity contribution in [3.8, 4) is 0 Å². The van der Waals surface area contributed by atoms with Gasteiger partial charge in [-0.25, -0.2) is 0 Å². The van der Waals surface area contributed by atoms with Gasteiger partial charge in [0, 0.05) is 6.04 Å². The van der Waals surface area contributed by atoms with E-state index in [1.54, 1.807) is 0 Å². The van der Waals surface area contributed by atoms with Crippen molar-refractivity contribution in [2.45, 2.75) is 44.8 Å². The Balaban J connectivity index is 1.84. The van der Waals surface area contributed by atoms with Crippen molar-refractivity contribution in [1.82, 2.24) is 5.32 Å². The summed E-state index contributed by atoms with van der Waals surface area (Å²) in [7, 11) is 0. The maximum absolute atomic E-state index is 11.9. The Morgan fingerprint density at radius 3 is 2.72 bits per heavy atom. The minimum atomic E-state index is -0.706. The summed E-state index contributed by atoms with van der Waals surface area (Å²) >= 11 is 0. The molecule has 3 nitrogen and oxygen atoms in total. The van der Waals surface area contributed by atoms with E-state index < -0.39 is 6.10 Å². The van der Waals surface area contributed by atoms with E-state index in [-0.39, 0.29) is 12.3 Å². The minimum absolute atomic E-state index is 0.0508. The molecule has 3 unspecified atom stereocenters. The maximum Gasteiger partial charge on any atom is 0.223 e. The van der Waals surface area contributed by atoms with Crippen molar-refractivity contribution in [3.63, 3.8) is 0 Å². The molecule has 0 aromatic heterocycles. The molecule has 3 heteroatoms. The van der Waals surface area contributed by atoms with Gasteiger partial charge in [-0.05, 0) is 24.3 Å². The van der Waals surface area contributed by atoms with Gasteiger partial charge in [0.05, 0.1) is 12.5 Å². The van der Waals surface area contributed by atoms with Crippen LogP contribution in [0.3, 0.4) is 0 Å². The third kappa shape index (κ3) is 3.33. The Morgan fingerprint density at radius 1 is 1.39 bits per heavy atom. The number of aliphatic hydroxyl groups is 1. The third-order valence-electron chi connectivity index (χ3n) is 3.77. The summed E-state index contributed by atoms with van der Waals surface area (Å²) in [5, 5.41) is 13.0. The van der Waals surface area contributed by atoms with Crippen molar-refractivity contribution in [3.05, 3.63) is 35.9 Å². The van der Waals surface area contributed by atoms with E-state index in [2.05, 4.69) is 12.2 Å². The molecule has 0 aliphatic heterocycles. The second kappa shape index (κ2) is 6.01. The van der Waals surface area contributed by atoms with E-state index in [0.29, 0.717) is 12.0 Å². The van der Waals surface area contributed by atoms with Gasteiger partial charge in [-0.1, -0.05) is 43.7 Å². The van der Waals surface area contributed by atoms with Crippen LogP contribution in [-0.4, -0.2) is 17.1 Å². The van der Waals surface area contributed by atoms with Crippen LogP contribution in [0.1, 0.15) is 44.3 Å². The molecule has 18 heavy (non-hydrogen) atoms. The zero-order valence-electron chi connectivity index (χ0n) is 10.8. The fourth-order valence-corrected chi connectivity index (χ4v) is 2.59. The molecule has 3 atom stereocenters. The lowest BCUT2D eigenvalue weighted by Crippen LogP contribution is -2.37. The fourth-order valence-electron chi connectivity index (χ4n) is 2.59. The Labute approximate surface area is 108 Å². The quantitative estimate of drug-likeness (QED) is 0.858. The number of aliphatic hydroxyl groups excluding tert-OH is 1. The third-order valence-corrected chi connectivity index (χ3v) is 3.77. The standard InChI is InChI=1S/C15H21NO2/c1-11-6-5-9-13(11)16-15(18)10-14(17)12-7-3-2-4-8-12/h2-4,7-8,11,13-14,17H,5-6,9-10H2,1H3,(H,16,18). The monoisotopic (exact) mass is 247 g/mol. The summed E-state index contributed by atoms with van der Waals surface area (Å²) in [6.07, 6.45) is 2.88. The molecule has 2 rings (SSSR count). The zero-order valence-corrected chi connectivity index (χ0v) is 10.8. The molecule has 98 valence electrons. The first-order chi connectivity index (χ1) is 8.66. The number of carbonyl (C=O) groups is 1. The summed E-state index contributed by atoms with van der Waals surface area (Å²) in [6, 6.07) is 9.62. The lowest BCUT2D eigenvalue weighted by molar-refractivity contribution is -0.124. The van der Waals surface area contributed by atoms with Crippen LogP contribution in [0.15, 0.2) is 30.3 Å². The van der Waals surface area contributed by atoms with Crippen molar-refractivity contribution in [2.24, 2.45) is 5.92 Å². The molecule has 0 saturated heterocycles. The molecule has 1 aromatic carbocycles. The number of benzene rings is 1. The summed E-state index contributed by atoms with van der Waals surface area (Å²) in [4.78, 5) is 11.9. The first kappa shape index (κ1) is 13.1. The van der Waals surface area contributed by atoms with Crippen molar-refractivity contribution in [2.75, 3.05) is 0 Å². The number of amides is 1. The normalized spacial score (nSPS) is 24.8. The highest BCUT2D eigenvalue weighted by atomic mass is 16.3. The van der Waals surface area contributed by atoms with Crippen LogP contribution in [0, 0.1) is 5.92 Å². The van der Waals surface area contributed by atoms with E-state index in [0.717, 1.165) is 12.0 Å². The zero-order chi connectivity index (χ0) is 13.0. The summed E-state index contributed by atoms with van der Waals surface area (Å²) in [5.41, 5.74) is 0.798. The van der Waals surface area contributed by atoms with Gasteiger partial charge in [-0.2, -0.15) is 0 Å². The van der Waals surface area contributed by atoms with E-state index in [1.165, 1.54) is 12.8 Å². The van der Waals surface area contributed by atoms with Crippen LogP contribution < -0.4 is 5.32 Å². The van der Waals surface area contributed by atoms with Crippen LogP contribution >= 0.6 is 0 Å². The predicted octanol–water partition coefficient (Wildman–Crippen LogP) is 2.41. The van der Waals surface area contributed by atoms with Gasteiger partial charge in [-0.15, -0.1) is 0 Å². The number of rotatable bonds is 4. The van der Waals surface area contributed by atoms with E-state index >= 15 is 0 Å². The van der Waals surface area contributed by atoms with Crippen LogP contribution in [0.4, 0.5) is 0 Å². The Bertz CT molecular complexity index is 391. The maximum atomic E-state index is 11.9. The summed E-state index contributed by atoms with van der Waals surface area (Å²) in [5.74, 6) is 0.507. The first-order valence-electron chi connectivity index (χ1n) is 6.69. The molecule has 2 N–H and O–H groups in total. The summed E-state index contributed by atoms with van der Waals surface area (Å²) < 4.78 is 0. The smallest absolute Gasteiger partial charge is 0.223 e. The topological polar surface area (TPSA) is 49.3 Å². The Hall–Kier alpha value is -1.35. The van der Waals surface area contributed by atoms with Crippen LogP contribution in [0.2, 0.25) is 0 Å². The number of nitrogens with one attached hydrogen (secondary N) is 1. The van der Waals surface area contributed by atoms with E-state index in [1.807, 2.05) is 30.3 Å². The Morgan fingerprint density at radius 2 is 2.11 bits per heavy atom. The van der Waals surface area contributed by atoms with Crippen LogP contribution in [-0.2, 0) is 4.79 Å². The van der Waals surface area contributed by atoms with Gasteiger partial charge in [0.15, 0.2) is 0 Å². The highest BCUT2D eigenvalue weighted by Crippen LogP contribution is 2.25. The highest BCUT2D eigenvalue weighted by Gasteiger charge is 2.25. The molecule has 1 aromatic rings. The van der Waals surface area contributed by atoms with Crippen LogP contribution in [0.5, 0.6) is 0 Å². The van der Waals surface area contributed by atoms with Gasteiger partial charge in [0.2, 0.25) is 5.91 Å². The molecule has 0 radical (unpaired) electrons. The Kier molecular flexibility index (Phi) is 4.37. The molecule has 1 amide bonds. The highest BCUT2D eigenvalue weighted by molar-refractivity contribution is 5.77. The SMILES string of the molecule is CC1CCCC1NC(=O)CC(O)c1ccccc1. The molecule has 0 spiro atoms.